The Bertz CT molecular complexity index is 1390. The van der Waals surface area contributed by atoms with Crippen LogP contribution in [-0.4, -0.2) is 29.1 Å². The lowest BCUT2D eigenvalue weighted by atomic mass is 10.1. The molecule has 4 aromatic rings. The lowest BCUT2D eigenvalue weighted by Crippen LogP contribution is -2.15. The van der Waals surface area contributed by atoms with Crippen molar-refractivity contribution < 1.29 is 17.6 Å². The van der Waals surface area contributed by atoms with Crippen LogP contribution in [0.25, 0.3) is 0 Å². The molecule has 0 radical (unpaired) electrons. The molecule has 0 aliphatic carbocycles. The van der Waals surface area contributed by atoms with E-state index in [4.69, 9.17) is 11.6 Å². The van der Waals surface area contributed by atoms with Crippen LogP contribution < -0.4 is 10.0 Å². The molecule has 1 heterocycles. The first-order valence-corrected chi connectivity index (χ1v) is 11.5. The smallest absolute Gasteiger partial charge is 0.261 e. The van der Waals surface area contributed by atoms with Crippen LogP contribution in [0.3, 0.4) is 0 Å². The van der Waals surface area contributed by atoms with Gasteiger partial charge >= 0.3 is 0 Å². The Morgan fingerprint density at radius 2 is 1.85 bits per heavy atom. The van der Waals surface area contributed by atoms with E-state index in [1.54, 1.807) is 29.2 Å². The molecule has 4 rings (SSSR count). The van der Waals surface area contributed by atoms with E-state index in [2.05, 4.69) is 20.1 Å². The van der Waals surface area contributed by atoms with Gasteiger partial charge in [0.15, 0.2) is 0 Å². The molecule has 33 heavy (non-hydrogen) atoms. The zero-order valence-electron chi connectivity index (χ0n) is 16.9. The highest BCUT2D eigenvalue weighted by Gasteiger charge is 2.17. The number of hydrogen-bond acceptors (Lipinski definition) is 5. The summed E-state index contributed by atoms with van der Waals surface area (Å²) in [4.78, 5) is 16.5. The summed E-state index contributed by atoms with van der Waals surface area (Å²) in [6.07, 6.45) is 3.03. The van der Waals surface area contributed by atoms with Gasteiger partial charge in [-0.2, -0.15) is 5.10 Å². The molecule has 168 valence electrons. The van der Waals surface area contributed by atoms with Crippen molar-refractivity contribution in [1.82, 2.24) is 14.8 Å². The van der Waals surface area contributed by atoms with Gasteiger partial charge in [0.2, 0.25) is 0 Å². The van der Waals surface area contributed by atoms with E-state index in [-0.39, 0.29) is 21.2 Å². The van der Waals surface area contributed by atoms with E-state index in [1.165, 1.54) is 24.5 Å². The second kappa shape index (κ2) is 9.39. The summed E-state index contributed by atoms with van der Waals surface area (Å²) in [7, 11) is -4.03. The molecular weight excluding hydrogens is 469 g/mol. The SMILES string of the molecule is O=C(Nc1cccc(Cn2cncn2)c1)c1ccc(Cl)c(NS(=O)(=O)c2ccc(F)cc2)c1. The third-order valence-electron chi connectivity index (χ3n) is 4.59. The van der Waals surface area contributed by atoms with Crippen molar-refractivity contribution in [3.8, 4) is 0 Å². The first-order valence-electron chi connectivity index (χ1n) is 9.61. The van der Waals surface area contributed by atoms with Gasteiger partial charge in [-0.25, -0.2) is 22.5 Å². The molecule has 1 aromatic heterocycles. The van der Waals surface area contributed by atoms with Crippen molar-refractivity contribution in [2.75, 3.05) is 10.0 Å². The minimum absolute atomic E-state index is 0.0218. The van der Waals surface area contributed by atoms with Crippen LogP contribution in [0.2, 0.25) is 5.02 Å². The summed E-state index contributed by atoms with van der Waals surface area (Å²) < 4.78 is 42.3. The molecule has 2 N–H and O–H groups in total. The number of nitrogens with zero attached hydrogens (tertiary/aromatic N) is 3. The van der Waals surface area contributed by atoms with Gasteiger partial charge in [0.05, 0.1) is 22.2 Å². The number of rotatable bonds is 7. The van der Waals surface area contributed by atoms with Crippen molar-refractivity contribution in [3.63, 3.8) is 0 Å². The summed E-state index contributed by atoms with van der Waals surface area (Å²) in [5, 5.41) is 6.94. The highest BCUT2D eigenvalue weighted by Crippen LogP contribution is 2.26. The van der Waals surface area contributed by atoms with Crippen LogP contribution >= 0.6 is 11.6 Å². The van der Waals surface area contributed by atoms with E-state index in [1.807, 2.05) is 6.07 Å². The average Bonchev–Trinajstić information content (AvgIpc) is 3.28. The Morgan fingerprint density at radius 1 is 1.06 bits per heavy atom. The number of anilines is 2. The van der Waals surface area contributed by atoms with Crippen molar-refractivity contribution in [1.29, 1.82) is 0 Å². The van der Waals surface area contributed by atoms with Crippen LogP contribution in [0, 0.1) is 5.82 Å². The van der Waals surface area contributed by atoms with Crippen LogP contribution in [0.4, 0.5) is 15.8 Å². The summed E-state index contributed by atoms with van der Waals surface area (Å²) in [5.41, 5.74) is 1.68. The molecule has 0 spiro atoms. The van der Waals surface area contributed by atoms with Crippen LogP contribution in [-0.2, 0) is 16.6 Å². The number of halogens is 2. The maximum Gasteiger partial charge on any atom is 0.261 e. The number of amides is 1. The lowest BCUT2D eigenvalue weighted by Gasteiger charge is -2.12. The van der Waals surface area contributed by atoms with Crippen LogP contribution in [0.1, 0.15) is 15.9 Å². The molecule has 0 aliphatic rings. The second-order valence-corrected chi connectivity index (χ2v) is 9.09. The first kappa shape index (κ1) is 22.4. The van der Waals surface area contributed by atoms with E-state index in [0.29, 0.717) is 12.2 Å². The van der Waals surface area contributed by atoms with Gasteiger partial charge < -0.3 is 5.32 Å². The summed E-state index contributed by atoms with van der Waals surface area (Å²) in [5.74, 6) is -1.01. The Kier molecular flexibility index (Phi) is 6.38. The second-order valence-electron chi connectivity index (χ2n) is 7.00. The monoisotopic (exact) mass is 485 g/mol. The lowest BCUT2D eigenvalue weighted by molar-refractivity contribution is 0.102. The van der Waals surface area contributed by atoms with E-state index < -0.39 is 21.7 Å². The molecule has 11 heteroatoms. The highest BCUT2D eigenvalue weighted by molar-refractivity contribution is 7.92. The fourth-order valence-electron chi connectivity index (χ4n) is 3.01. The van der Waals surface area contributed by atoms with E-state index in [9.17, 15) is 17.6 Å². The van der Waals surface area contributed by atoms with E-state index >= 15 is 0 Å². The molecule has 0 saturated heterocycles. The third kappa shape index (κ3) is 5.54. The standard InChI is InChI=1S/C22H17ClFN5O3S/c23-20-9-4-16(11-21(20)28-33(31,32)19-7-5-17(24)6-8-19)22(30)27-18-3-1-2-15(10-18)12-29-14-25-13-26-29/h1-11,13-14,28H,12H2,(H,27,30). The molecule has 0 bridgehead atoms. The Morgan fingerprint density at radius 3 is 2.58 bits per heavy atom. The summed E-state index contributed by atoms with van der Waals surface area (Å²) in [6, 6.07) is 15.8. The fraction of sp³-hybridized carbons (Fsp3) is 0.0455. The van der Waals surface area contributed by atoms with Gasteiger partial charge in [0.25, 0.3) is 15.9 Å². The number of nitrogens with one attached hydrogen (secondary N) is 2. The predicted molar refractivity (Wildman–Crippen MR) is 122 cm³/mol. The molecule has 0 aliphatic heterocycles. The van der Waals surface area contributed by atoms with Crippen molar-refractivity contribution in [2.45, 2.75) is 11.4 Å². The Labute approximate surface area is 194 Å². The molecule has 0 saturated carbocycles. The van der Waals surface area contributed by atoms with Gasteiger partial charge in [0, 0.05) is 11.3 Å². The molecule has 0 fully saturated rings. The molecule has 3 aromatic carbocycles. The summed E-state index contributed by atoms with van der Waals surface area (Å²) >= 11 is 6.14. The predicted octanol–water partition coefficient (Wildman–Crippen LogP) is 4.17. The van der Waals surface area contributed by atoms with Gasteiger partial charge in [-0.15, -0.1) is 0 Å². The zero-order valence-corrected chi connectivity index (χ0v) is 18.5. The van der Waals surface area contributed by atoms with Crippen LogP contribution in [0.15, 0.2) is 84.3 Å². The number of carbonyl (C=O) groups is 1. The third-order valence-corrected chi connectivity index (χ3v) is 6.30. The highest BCUT2D eigenvalue weighted by atomic mass is 35.5. The topological polar surface area (TPSA) is 106 Å². The normalized spacial score (nSPS) is 11.2. The quantitative estimate of drug-likeness (QED) is 0.408. The van der Waals surface area contributed by atoms with Crippen molar-refractivity contribution in [2.24, 2.45) is 0 Å². The largest absolute Gasteiger partial charge is 0.322 e. The van der Waals surface area contributed by atoms with Gasteiger partial charge in [-0.1, -0.05) is 23.7 Å². The minimum Gasteiger partial charge on any atom is -0.322 e. The van der Waals surface area contributed by atoms with Gasteiger partial charge in [0.1, 0.15) is 18.5 Å². The Balaban J connectivity index is 1.51. The number of benzene rings is 3. The maximum atomic E-state index is 13.1. The van der Waals surface area contributed by atoms with Crippen molar-refractivity contribution in [3.05, 3.63) is 101 Å². The number of sulfonamides is 1. The number of carbonyl (C=O) groups excluding carboxylic acids is 1. The minimum atomic E-state index is -4.03. The number of hydrogen-bond donors (Lipinski definition) is 2. The fourth-order valence-corrected chi connectivity index (χ4v) is 4.31. The first-order chi connectivity index (χ1) is 15.8. The van der Waals surface area contributed by atoms with Crippen molar-refractivity contribution >= 4 is 38.9 Å². The van der Waals surface area contributed by atoms with Crippen LogP contribution in [0.5, 0.6) is 0 Å². The van der Waals surface area contributed by atoms with Gasteiger partial charge in [-0.3, -0.25) is 9.52 Å². The Hall–Kier alpha value is -3.76. The van der Waals surface area contributed by atoms with E-state index in [0.717, 1.165) is 29.8 Å². The maximum absolute atomic E-state index is 13.1. The molecule has 0 atom stereocenters. The molecule has 8 nitrogen and oxygen atoms in total. The molecule has 1 amide bonds. The molecular formula is C22H17ClFN5O3S. The zero-order chi connectivity index (χ0) is 23.4. The van der Waals surface area contributed by atoms with Gasteiger partial charge in [-0.05, 0) is 60.2 Å². The number of aromatic nitrogens is 3. The average molecular weight is 486 g/mol. The molecule has 0 unspecified atom stereocenters. The summed E-state index contributed by atoms with van der Waals surface area (Å²) in [6.45, 7) is 0.486.